The lowest BCUT2D eigenvalue weighted by Crippen LogP contribution is -2.51. The molecule has 2 unspecified atom stereocenters. The second kappa shape index (κ2) is 6.02. The SMILES string of the molecule is CCC1COC(C)CN1C(=O)Cc1ccc(N)cn1. The summed E-state index contributed by atoms with van der Waals surface area (Å²) in [6.07, 6.45) is 2.92. The van der Waals surface area contributed by atoms with E-state index in [0.717, 1.165) is 12.1 Å². The molecular weight excluding hydrogens is 242 g/mol. The van der Waals surface area contributed by atoms with E-state index in [4.69, 9.17) is 10.5 Å². The predicted molar refractivity (Wildman–Crippen MR) is 73.6 cm³/mol. The highest BCUT2D eigenvalue weighted by atomic mass is 16.5. The maximum atomic E-state index is 12.4. The first-order valence-electron chi connectivity index (χ1n) is 6.71. The smallest absolute Gasteiger partial charge is 0.229 e. The summed E-state index contributed by atoms with van der Waals surface area (Å²) in [5.74, 6) is 0.110. The largest absolute Gasteiger partial charge is 0.397 e. The third kappa shape index (κ3) is 3.44. The molecule has 0 radical (unpaired) electrons. The topological polar surface area (TPSA) is 68.5 Å². The van der Waals surface area contributed by atoms with Gasteiger partial charge in [0.2, 0.25) is 5.91 Å². The molecule has 1 amide bonds. The van der Waals surface area contributed by atoms with Gasteiger partial charge in [-0.1, -0.05) is 6.92 Å². The van der Waals surface area contributed by atoms with Crippen molar-refractivity contribution in [1.29, 1.82) is 0 Å². The highest BCUT2D eigenvalue weighted by Crippen LogP contribution is 2.16. The second-order valence-corrected chi connectivity index (χ2v) is 5.01. The zero-order valence-electron chi connectivity index (χ0n) is 11.5. The van der Waals surface area contributed by atoms with E-state index >= 15 is 0 Å². The maximum Gasteiger partial charge on any atom is 0.229 e. The molecule has 1 aliphatic rings. The molecule has 2 heterocycles. The fourth-order valence-corrected chi connectivity index (χ4v) is 2.28. The molecule has 0 bridgehead atoms. The summed E-state index contributed by atoms with van der Waals surface area (Å²) in [4.78, 5) is 18.5. The molecule has 2 atom stereocenters. The molecule has 5 heteroatoms. The van der Waals surface area contributed by atoms with E-state index < -0.39 is 0 Å². The fourth-order valence-electron chi connectivity index (χ4n) is 2.28. The molecule has 19 heavy (non-hydrogen) atoms. The van der Waals surface area contributed by atoms with Crippen molar-refractivity contribution in [1.82, 2.24) is 9.88 Å². The quantitative estimate of drug-likeness (QED) is 0.890. The summed E-state index contributed by atoms with van der Waals surface area (Å²) >= 11 is 0. The zero-order chi connectivity index (χ0) is 13.8. The van der Waals surface area contributed by atoms with Gasteiger partial charge in [-0.25, -0.2) is 0 Å². The molecule has 0 saturated carbocycles. The van der Waals surface area contributed by atoms with Crippen LogP contribution in [0.3, 0.4) is 0 Å². The summed E-state index contributed by atoms with van der Waals surface area (Å²) in [7, 11) is 0. The Morgan fingerprint density at radius 1 is 1.58 bits per heavy atom. The first-order chi connectivity index (χ1) is 9.10. The first-order valence-corrected chi connectivity index (χ1v) is 6.71. The van der Waals surface area contributed by atoms with Gasteiger partial charge in [0, 0.05) is 12.2 Å². The molecule has 1 fully saturated rings. The van der Waals surface area contributed by atoms with Gasteiger partial charge in [0.25, 0.3) is 0 Å². The molecule has 0 spiro atoms. The van der Waals surface area contributed by atoms with E-state index in [-0.39, 0.29) is 18.1 Å². The van der Waals surface area contributed by atoms with Crippen LogP contribution in [-0.4, -0.2) is 41.1 Å². The van der Waals surface area contributed by atoms with Crippen molar-refractivity contribution in [2.24, 2.45) is 0 Å². The molecule has 2 rings (SSSR count). The number of carbonyl (C=O) groups is 1. The van der Waals surface area contributed by atoms with Crippen molar-refractivity contribution < 1.29 is 9.53 Å². The number of carbonyl (C=O) groups excluding carboxylic acids is 1. The average molecular weight is 263 g/mol. The highest BCUT2D eigenvalue weighted by Gasteiger charge is 2.29. The van der Waals surface area contributed by atoms with Gasteiger partial charge in [-0.05, 0) is 25.5 Å². The van der Waals surface area contributed by atoms with Gasteiger partial charge in [0.1, 0.15) is 0 Å². The van der Waals surface area contributed by atoms with Gasteiger partial charge >= 0.3 is 0 Å². The Hall–Kier alpha value is -1.62. The van der Waals surface area contributed by atoms with E-state index in [0.29, 0.717) is 25.3 Å². The Morgan fingerprint density at radius 2 is 2.37 bits per heavy atom. The van der Waals surface area contributed by atoms with Crippen LogP contribution in [0.25, 0.3) is 0 Å². The van der Waals surface area contributed by atoms with Crippen molar-refractivity contribution >= 4 is 11.6 Å². The number of nitrogen functional groups attached to an aromatic ring is 1. The summed E-state index contributed by atoms with van der Waals surface area (Å²) < 4.78 is 5.60. The maximum absolute atomic E-state index is 12.4. The minimum atomic E-state index is 0.103. The number of rotatable bonds is 3. The minimum Gasteiger partial charge on any atom is -0.397 e. The van der Waals surface area contributed by atoms with E-state index in [1.54, 1.807) is 18.3 Å². The van der Waals surface area contributed by atoms with Crippen molar-refractivity contribution in [2.75, 3.05) is 18.9 Å². The standard InChI is InChI=1S/C14H21N3O2/c1-3-13-9-19-10(2)8-17(13)14(18)6-12-5-4-11(15)7-16-12/h4-5,7,10,13H,3,6,8-9,15H2,1-2H3. The number of ether oxygens (including phenoxy) is 1. The Bertz CT molecular complexity index is 433. The van der Waals surface area contributed by atoms with E-state index in [1.807, 2.05) is 11.8 Å². The number of aromatic nitrogens is 1. The van der Waals surface area contributed by atoms with Crippen molar-refractivity contribution in [2.45, 2.75) is 38.8 Å². The number of nitrogens with zero attached hydrogens (tertiary/aromatic N) is 2. The summed E-state index contributed by atoms with van der Waals surface area (Å²) in [5, 5.41) is 0. The van der Waals surface area contributed by atoms with Crippen LogP contribution in [0.5, 0.6) is 0 Å². The van der Waals surface area contributed by atoms with Crippen LogP contribution in [0.15, 0.2) is 18.3 Å². The lowest BCUT2D eigenvalue weighted by Gasteiger charge is -2.38. The number of morpholine rings is 1. The van der Waals surface area contributed by atoms with Crippen molar-refractivity contribution in [3.05, 3.63) is 24.0 Å². The monoisotopic (exact) mass is 263 g/mol. The normalized spacial score (nSPS) is 23.4. The molecule has 2 N–H and O–H groups in total. The van der Waals surface area contributed by atoms with Gasteiger partial charge in [-0.3, -0.25) is 9.78 Å². The Labute approximate surface area is 113 Å². The summed E-state index contributed by atoms with van der Waals surface area (Å²) in [6, 6.07) is 3.75. The fraction of sp³-hybridized carbons (Fsp3) is 0.571. The van der Waals surface area contributed by atoms with Crippen LogP contribution in [0, 0.1) is 0 Å². The van der Waals surface area contributed by atoms with E-state index in [9.17, 15) is 4.79 Å². The van der Waals surface area contributed by atoms with Crippen LogP contribution in [0.1, 0.15) is 26.0 Å². The molecular formula is C14H21N3O2. The third-order valence-corrected chi connectivity index (χ3v) is 3.44. The molecule has 0 aromatic carbocycles. The highest BCUT2D eigenvalue weighted by molar-refractivity contribution is 5.78. The van der Waals surface area contributed by atoms with Crippen LogP contribution >= 0.6 is 0 Å². The van der Waals surface area contributed by atoms with E-state index in [1.165, 1.54) is 0 Å². The van der Waals surface area contributed by atoms with E-state index in [2.05, 4.69) is 11.9 Å². The number of amides is 1. The molecule has 0 aliphatic carbocycles. The Balaban J connectivity index is 2.03. The van der Waals surface area contributed by atoms with Crippen LogP contribution < -0.4 is 5.73 Å². The third-order valence-electron chi connectivity index (χ3n) is 3.44. The van der Waals surface area contributed by atoms with Gasteiger partial charge in [0.15, 0.2) is 0 Å². The van der Waals surface area contributed by atoms with Gasteiger partial charge in [0.05, 0.1) is 37.1 Å². The molecule has 1 saturated heterocycles. The Morgan fingerprint density at radius 3 is 3.00 bits per heavy atom. The minimum absolute atomic E-state index is 0.103. The number of hydrogen-bond acceptors (Lipinski definition) is 4. The number of nitrogens with two attached hydrogens (primary N) is 1. The van der Waals surface area contributed by atoms with Gasteiger partial charge in [-0.15, -0.1) is 0 Å². The van der Waals surface area contributed by atoms with Crippen LogP contribution in [0.4, 0.5) is 5.69 Å². The molecule has 1 aromatic heterocycles. The summed E-state index contributed by atoms with van der Waals surface area (Å²) in [6.45, 7) is 5.35. The molecule has 104 valence electrons. The summed E-state index contributed by atoms with van der Waals surface area (Å²) in [5.41, 5.74) is 6.96. The Kier molecular flexibility index (Phi) is 4.37. The molecule has 1 aliphatic heterocycles. The second-order valence-electron chi connectivity index (χ2n) is 5.01. The number of anilines is 1. The number of pyridine rings is 1. The lowest BCUT2D eigenvalue weighted by molar-refractivity contribution is -0.143. The van der Waals surface area contributed by atoms with Gasteiger partial charge < -0.3 is 15.4 Å². The van der Waals surface area contributed by atoms with Crippen molar-refractivity contribution in [3.8, 4) is 0 Å². The predicted octanol–water partition coefficient (Wildman–Crippen LogP) is 1.23. The zero-order valence-corrected chi connectivity index (χ0v) is 11.5. The first kappa shape index (κ1) is 13.8. The average Bonchev–Trinajstić information content (AvgIpc) is 2.41. The lowest BCUT2D eigenvalue weighted by atomic mass is 10.1. The van der Waals surface area contributed by atoms with Crippen molar-refractivity contribution in [3.63, 3.8) is 0 Å². The molecule has 5 nitrogen and oxygen atoms in total. The van der Waals surface area contributed by atoms with Crippen LogP contribution in [0.2, 0.25) is 0 Å². The van der Waals surface area contributed by atoms with Crippen LogP contribution in [-0.2, 0) is 16.0 Å². The molecule has 1 aromatic rings. The number of hydrogen-bond donors (Lipinski definition) is 1. The van der Waals surface area contributed by atoms with Gasteiger partial charge in [-0.2, -0.15) is 0 Å².